The van der Waals surface area contributed by atoms with E-state index >= 15 is 0 Å². The zero-order chi connectivity index (χ0) is 19.5. The summed E-state index contributed by atoms with van der Waals surface area (Å²) in [5.41, 5.74) is 4.12. The number of carbonyl (C=O) groups excluding carboxylic acids is 1. The molecule has 0 unspecified atom stereocenters. The Labute approximate surface area is 164 Å². The summed E-state index contributed by atoms with van der Waals surface area (Å²) in [6.07, 6.45) is 5.15. The van der Waals surface area contributed by atoms with Gasteiger partial charge in [-0.1, -0.05) is 32.0 Å². The zero-order valence-corrected chi connectivity index (χ0v) is 16.0. The Bertz CT molecular complexity index is 1140. The van der Waals surface area contributed by atoms with Gasteiger partial charge >= 0.3 is 0 Å². The third kappa shape index (κ3) is 3.83. The summed E-state index contributed by atoms with van der Waals surface area (Å²) in [5, 5.41) is 1.08. The fourth-order valence-electron chi connectivity index (χ4n) is 3.36. The van der Waals surface area contributed by atoms with E-state index < -0.39 is 0 Å². The highest BCUT2D eigenvalue weighted by Crippen LogP contribution is 2.18. The topological polar surface area (TPSA) is 59.0 Å². The van der Waals surface area contributed by atoms with Crippen molar-refractivity contribution in [2.75, 3.05) is 6.54 Å². The van der Waals surface area contributed by atoms with E-state index in [0.717, 1.165) is 27.5 Å². The second-order valence-corrected chi connectivity index (χ2v) is 7.38. The summed E-state index contributed by atoms with van der Waals surface area (Å²) in [6, 6.07) is 15.6. The van der Waals surface area contributed by atoms with E-state index in [4.69, 9.17) is 0 Å². The van der Waals surface area contributed by atoms with E-state index in [0.29, 0.717) is 24.6 Å². The van der Waals surface area contributed by atoms with Crippen LogP contribution in [0.15, 0.2) is 67.1 Å². The zero-order valence-electron chi connectivity index (χ0n) is 16.0. The van der Waals surface area contributed by atoms with Crippen molar-refractivity contribution in [2.45, 2.75) is 20.4 Å². The number of carbonyl (C=O) groups is 1. The van der Waals surface area contributed by atoms with Gasteiger partial charge < -0.3 is 4.90 Å². The molecule has 140 valence electrons. The molecule has 5 heteroatoms. The number of rotatable bonds is 5. The monoisotopic (exact) mass is 370 g/mol. The van der Waals surface area contributed by atoms with Gasteiger partial charge in [0.1, 0.15) is 0 Å². The molecule has 2 aromatic carbocycles. The molecule has 4 rings (SSSR count). The van der Waals surface area contributed by atoms with Crippen molar-refractivity contribution in [1.29, 1.82) is 0 Å². The van der Waals surface area contributed by atoms with Gasteiger partial charge in [-0.3, -0.25) is 19.7 Å². The third-order valence-electron chi connectivity index (χ3n) is 4.61. The minimum Gasteiger partial charge on any atom is -0.334 e. The average molecular weight is 370 g/mol. The molecule has 0 fully saturated rings. The van der Waals surface area contributed by atoms with Crippen LogP contribution in [0.4, 0.5) is 0 Å². The van der Waals surface area contributed by atoms with Crippen LogP contribution in [0.5, 0.6) is 0 Å². The number of hydrogen-bond donors (Lipinski definition) is 0. The van der Waals surface area contributed by atoms with Crippen LogP contribution in [-0.2, 0) is 6.54 Å². The van der Waals surface area contributed by atoms with Crippen LogP contribution in [0.25, 0.3) is 21.9 Å². The van der Waals surface area contributed by atoms with Crippen molar-refractivity contribution in [3.05, 3.63) is 78.2 Å². The fraction of sp³-hybridized carbons (Fsp3) is 0.217. The minimum absolute atomic E-state index is 0.00517. The van der Waals surface area contributed by atoms with E-state index in [1.54, 1.807) is 12.4 Å². The Morgan fingerprint density at radius 3 is 2.54 bits per heavy atom. The van der Waals surface area contributed by atoms with Crippen LogP contribution in [-0.4, -0.2) is 32.3 Å². The Morgan fingerprint density at radius 1 is 0.929 bits per heavy atom. The van der Waals surface area contributed by atoms with Gasteiger partial charge in [0.2, 0.25) is 0 Å². The second-order valence-electron chi connectivity index (χ2n) is 7.38. The number of aromatic nitrogens is 3. The van der Waals surface area contributed by atoms with Crippen LogP contribution >= 0.6 is 0 Å². The molecule has 4 aromatic rings. The predicted octanol–water partition coefficient (Wildman–Crippen LogP) is 4.48. The van der Waals surface area contributed by atoms with Crippen molar-refractivity contribution in [2.24, 2.45) is 5.92 Å². The molecule has 1 amide bonds. The third-order valence-corrected chi connectivity index (χ3v) is 4.61. The first-order valence-electron chi connectivity index (χ1n) is 9.44. The van der Waals surface area contributed by atoms with Gasteiger partial charge in [-0.05, 0) is 41.8 Å². The molecule has 0 saturated carbocycles. The molecule has 0 aliphatic rings. The highest BCUT2D eigenvalue weighted by Gasteiger charge is 2.18. The van der Waals surface area contributed by atoms with Crippen LogP contribution in [0.2, 0.25) is 0 Å². The second kappa shape index (κ2) is 7.72. The number of amides is 1. The number of benzene rings is 2. The van der Waals surface area contributed by atoms with Crippen molar-refractivity contribution in [1.82, 2.24) is 19.9 Å². The Kier molecular flexibility index (Phi) is 4.98. The Hall–Kier alpha value is -3.34. The molecule has 0 N–H and O–H groups in total. The molecular formula is C23H22N4O. The van der Waals surface area contributed by atoms with Gasteiger partial charge in [0.25, 0.3) is 5.91 Å². The first-order valence-corrected chi connectivity index (χ1v) is 9.44. The van der Waals surface area contributed by atoms with Gasteiger partial charge in [0.15, 0.2) is 0 Å². The number of nitrogens with zero attached hydrogens (tertiary/aromatic N) is 4. The summed E-state index contributed by atoms with van der Waals surface area (Å²) >= 11 is 0. The molecule has 0 aliphatic carbocycles. The molecule has 28 heavy (non-hydrogen) atoms. The lowest BCUT2D eigenvalue weighted by Crippen LogP contribution is -2.33. The maximum Gasteiger partial charge on any atom is 0.254 e. The smallest absolute Gasteiger partial charge is 0.254 e. The van der Waals surface area contributed by atoms with Crippen molar-refractivity contribution < 1.29 is 4.79 Å². The van der Waals surface area contributed by atoms with Crippen molar-refractivity contribution in [3.63, 3.8) is 0 Å². The molecule has 0 spiro atoms. The lowest BCUT2D eigenvalue weighted by molar-refractivity contribution is 0.0722. The standard InChI is InChI=1S/C23H22N4O/c1-16(2)14-27(15-17-11-18-5-3-4-6-20(18)26-13-17)23(28)19-7-8-21-22(12-19)25-10-9-24-21/h3-13,16H,14-15H2,1-2H3. The molecule has 2 heterocycles. The van der Waals surface area contributed by atoms with E-state index in [-0.39, 0.29) is 5.91 Å². The molecule has 2 aromatic heterocycles. The van der Waals surface area contributed by atoms with Crippen LogP contribution in [0.1, 0.15) is 29.8 Å². The van der Waals surface area contributed by atoms with Gasteiger partial charge in [-0.25, -0.2) is 0 Å². The first-order chi connectivity index (χ1) is 13.6. The highest BCUT2D eigenvalue weighted by molar-refractivity contribution is 5.97. The first kappa shape index (κ1) is 18.0. The van der Waals surface area contributed by atoms with Crippen molar-refractivity contribution in [3.8, 4) is 0 Å². The largest absolute Gasteiger partial charge is 0.334 e. The fourth-order valence-corrected chi connectivity index (χ4v) is 3.36. The molecule has 0 bridgehead atoms. The van der Waals surface area contributed by atoms with Gasteiger partial charge in [-0.2, -0.15) is 0 Å². The van der Waals surface area contributed by atoms with Crippen LogP contribution in [0, 0.1) is 5.92 Å². The Morgan fingerprint density at radius 2 is 1.71 bits per heavy atom. The maximum atomic E-state index is 13.2. The van der Waals surface area contributed by atoms with Crippen LogP contribution < -0.4 is 0 Å². The molecule has 0 aliphatic heterocycles. The molecular weight excluding hydrogens is 348 g/mol. The summed E-state index contributed by atoms with van der Waals surface area (Å²) in [4.78, 5) is 28.3. The SMILES string of the molecule is CC(C)CN(Cc1cnc2ccccc2c1)C(=O)c1ccc2nccnc2c1. The molecule has 0 saturated heterocycles. The normalized spacial score (nSPS) is 11.2. The van der Waals surface area contributed by atoms with E-state index in [9.17, 15) is 4.79 Å². The molecule has 5 nitrogen and oxygen atoms in total. The lowest BCUT2D eigenvalue weighted by Gasteiger charge is -2.25. The van der Waals surface area contributed by atoms with Gasteiger partial charge in [-0.15, -0.1) is 0 Å². The number of para-hydroxylation sites is 1. The van der Waals surface area contributed by atoms with Crippen molar-refractivity contribution >= 4 is 27.8 Å². The summed E-state index contributed by atoms with van der Waals surface area (Å²) in [6.45, 7) is 5.42. The van der Waals surface area contributed by atoms with E-state index in [1.807, 2.05) is 53.6 Å². The number of hydrogen-bond acceptors (Lipinski definition) is 4. The average Bonchev–Trinajstić information content (AvgIpc) is 2.72. The van der Waals surface area contributed by atoms with E-state index in [1.165, 1.54) is 0 Å². The van der Waals surface area contributed by atoms with Gasteiger partial charge in [0.05, 0.1) is 16.6 Å². The maximum absolute atomic E-state index is 13.2. The van der Waals surface area contributed by atoms with Crippen LogP contribution in [0.3, 0.4) is 0 Å². The summed E-state index contributed by atoms with van der Waals surface area (Å²) in [7, 11) is 0. The molecule has 0 radical (unpaired) electrons. The quantitative estimate of drug-likeness (QED) is 0.520. The lowest BCUT2D eigenvalue weighted by atomic mass is 10.1. The minimum atomic E-state index is -0.00517. The summed E-state index contributed by atoms with van der Waals surface area (Å²) < 4.78 is 0. The summed E-state index contributed by atoms with van der Waals surface area (Å²) in [5.74, 6) is 0.354. The van der Waals surface area contributed by atoms with E-state index in [2.05, 4.69) is 34.9 Å². The number of pyridine rings is 1. The van der Waals surface area contributed by atoms with Gasteiger partial charge in [0, 0.05) is 42.6 Å². The number of fused-ring (bicyclic) bond motifs is 2. The highest BCUT2D eigenvalue weighted by atomic mass is 16.2. The Balaban J connectivity index is 1.64. The molecule has 0 atom stereocenters. The predicted molar refractivity (Wildman–Crippen MR) is 111 cm³/mol.